The fourth-order valence-electron chi connectivity index (χ4n) is 0.989. The molecule has 0 N–H and O–H groups in total. The van der Waals surface area contributed by atoms with Gasteiger partial charge in [-0.2, -0.15) is 0 Å². The standard InChI is InChI=1S/C10H16O/c1-7(2)9-5-6-10(11-9)8(3)4/h5-8H,1-4H3. The normalized spacial score (nSPS) is 11.5. The molecule has 0 fully saturated rings. The topological polar surface area (TPSA) is 13.1 Å². The lowest BCUT2D eigenvalue weighted by atomic mass is 10.1. The van der Waals surface area contributed by atoms with Crippen LogP contribution in [-0.2, 0) is 0 Å². The summed E-state index contributed by atoms with van der Waals surface area (Å²) >= 11 is 0. The molecule has 1 heteroatoms. The molecule has 1 aromatic rings. The van der Waals surface area contributed by atoms with Gasteiger partial charge in [0.1, 0.15) is 11.5 Å². The van der Waals surface area contributed by atoms with E-state index in [-0.39, 0.29) is 0 Å². The van der Waals surface area contributed by atoms with Crippen LogP contribution in [0.3, 0.4) is 0 Å². The smallest absolute Gasteiger partial charge is 0.106 e. The van der Waals surface area contributed by atoms with Crippen molar-refractivity contribution in [2.75, 3.05) is 0 Å². The summed E-state index contributed by atoms with van der Waals surface area (Å²) in [6.45, 7) is 8.57. The Balaban J connectivity index is 2.82. The first-order valence-electron chi connectivity index (χ1n) is 4.21. The molecule has 0 radical (unpaired) electrons. The highest BCUT2D eigenvalue weighted by Gasteiger charge is 2.07. The van der Waals surface area contributed by atoms with Crippen LogP contribution in [0.4, 0.5) is 0 Å². The van der Waals surface area contributed by atoms with E-state index in [1.54, 1.807) is 0 Å². The van der Waals surface area contributed by atoms with Gasteiger partial charge in [0.2, 0.25) is 0 Å². The largest absolute Gasteiger partial charge is 0.466 e. The van der Waals surface area contributed by atoms with Crippen molar-refractivity contribution < 1.29 is 4.42 Å². The SMILES string of the molecule is CC(C)c1ccc(C(C)C)o1. The summed E-state index contributed by atoms with van der Waals surface area (Å²) < 4.78 is 5.61. The summed E-state index contributed by atoms with van der Waals surface area (Å²) in [5.41, 5.74) is 0. The van der Waals surface area contributed by atoms with E-state index < -0.39 is 0 Å². The molecule has 0 aliphatic carbocycles. The minimum atomic E-state index is 0.502. The van der Waals surface area contributed by atoms with Crippen LogP contribution in [0.2, 0.25) is 0 Å². The van der Waals surface area contributed by atoms with Crippen LogP contribution in [0.5, 0.6) is 0 Å². The van der Waals surface area contributed by atoms with E-state index in [1.807, 2.05) is 0 Å². The summed E-state index contributed by atoms with van der Waals surface area (Å²) in [7, 11) is 0. The molecule has 0 aliphatic rings. The van der Waals surface area contributed by atoms with Gasteiger partial charge in [-0.05, 0) is 12.1 Å². The van der Waals surface area contributed by atoms with Crippen LogP contribution in [0, 0.1) is 0 Å². The highest BCUT2D eigenvalue weighted by Crippen LogP contribution is 2.22. The van der Waals surface area contributed by atoms with Gasteiger partial charge in [-0.1, -0.05) is 27.7 Å². The number of furan rings is 1. The molecule has 1 heterocycles. The van der Waals surface area contributed by atoms with E-state index >= 15 is 0 Å². The maximum Gasteiger partial charge on any atom is 0.106 e. The Morgan fingerprint density at radius 1 is 0.909 bits per heavy atom. The first-order chi connectivity index (χ1) is 5.11. The van der Waals surface area contributed by atoms with Crippen molar-refractivity contribution in [1.29, 1.82) is 0 Å². The summed E-state index contributed by atoms with van der Waals surface area (Å²) in [5.74, 6) is 3.19. The molecule has 1 aromatic heterocycles. The van der Waals surface area contributed by atoms with Crippen LogP contribution >= 0.6 is 0 Å². The first kappa shape index (κ1) is 8.38. The van der Waals surface area contributed by atoms with Gasteiger partial charge in [0.15, 0.2) is 0 Å². The lowest BCUT2D eigenvalue weighted by Crippen LogP contribution is -1.83. The van der Waals surface area contributed by atoms with E-state index in [2.05, 4.69) is 39.8 Å². The molecule has 11 heavy (non-hydrogen) atoms. The number of hydrogen-bond acceptors (Lipinski definition) is 1. The minimum Gasteiger partial charge on any atom is -0.466 e. The molecule has 0 saturated carbocycles. The highest BCUT2D eigenvalue weighted by molar-refractivity contribution is 5.12. The molecule has 0 bridgehead atoms. The third-order valence-electron chi connectivity index (χ3n) is 1.79. The second kappa shape index (κ2) is 3.12. The van der Waals surface area contributed by atoms with E-state index in [4.69, 9.17) is 4.42 Å². The Bertz CT molecular complexity index is 198. The highest BCUT2D eigenvalue weighted by atomic mass is 16.3. The fourth-order valence-corrected chi connectivity index (χ4v) is 0.989. The van der Waals surface area contributed by atoms with Gasteiger partial charge < -0.3 is 4.42 Å². The van der Waals surface area contributed by atoms with Crippen LogP contribution in [0.25, 0.3) is 0 Å². The summed E-state index contributed by atoms with van der Waals surface area (Å²) in [4.78, 5) is 0. The molecule has 0 unspecified atom stereocenters. The molecular weight excluding hydrogens is 136 g/mol. The van der Waals surface area contributed by atoms with Gasteiger partial charge >= 0.3 is 0 Å². The van der Waals surface area contributed by atoms with Gasteiger partial charge in [-0.3, -0.25) is 0 Å². The summed E-state index contributed by atoms with van der Waals surface area (Å²) in [5, 5.41) is 0. The second-order valence-electron chi connectivity index (χ2n) is 3.55. The average Bonchev–Trinajstić information content (AvgIpc) is 2.33. The summed E-state index contributed by atoms with van der Waals surface area (Å²) in [6.07, 6.45) is 0. The van der Waals surface area contributed by atoms with Gasteiger partial charge in [-0.15, -0.1) is 0 Å². The number of rotatable bonds is 2. The van der Waals surface area contributed by atoms with Gasteiger partial charge in [0.05, 0.1) is 0 Å². The molecule has 0 spiro atoms. The Morgan fingerprint density at radius 3 is 1.45 bits per heavy atom. The average molecular weight is 152 g/mol. The van der Waals surface area contributed by atoms with Crippen molar-refractivity contribution in [2.45, 2.75) is 39.5 Å². The van der Waals surface area contributed by atoms with Crippen molar-refractivity contribution in [3.63, 3.8) is 0 Å². The zero-order valence-corrected chi connectivity index (χ0v) is 7.72. The van der Waals surface area contributed by atoms with Crippen LogP contribution in [-0.4, -0.2) is 0 Å². The van der Waals surface area contributed by atoms with E-state index in [1.165, 1.54) is 0 Å². The molecule has 0 atom stereocenters. The van der Waals surface area contributed by atoms with Crippen molar-refractivity contribution in [2.24, 2.45) is 0 Å². The Kier molecular flexibility index (Phi) is 2.38. The second-order valence-corrected chi connectivity index (χ2v) is 3.55. The maximum absolute atomic E-state index is 5.61. The predicted octanol–water partition coefficient (Wildman–Crippen LogP) is 3.53. The van der Waals surface area contributed by atoms with Crippen LogP contribution in [0.1, 0.15) is 51.1 Å². The molecule has 1 rings (SSSR count). The Hall–Kier alpha value is -0.720. The van der Waals surface area contributed by atoms with Crippen LogP contribution in [0.15, 0.2) is 16.5 Å². The summed E-state index contributed by atoms with van der Waals surface area (Å²) in [6, 6.07) is 4.14. The van der Waals surface area contributed by atoms with E-state index in [0.717, 1.165) is 11.5 Å². The lowest BCUT2D eigenvalue weighted by Gasteiger charge is -2.00. The molecule has 0 saturated heterocycles. The maximum atomic E-state index is 5.61. The zero-order valence-electron chi connectivity index (χ0n) is 7.72. The lowest BCUT2D eigenvalue weighted by molar-refractivity contribution is 0.432. The van der Waals surface area contributed by atoms with Gasteiger partial charge in [0.25, 0.3) is 0 Å². The fraction of sp³-hybridized carbons (Fsp3) is 0.600. The Labute approximate surface area is 68.4 Å². The third kappa shape index (κ3) is 1.86. The monoisotopic (exact) mass is 152 g/mol. The molecule has 1 nitrogen and oxygen atoms in total. The van der Waals surface area contributed by atoms with Gasteiger partial charge in [0, 0.05) is 11.8 Å². The molecule has 0 aromatic carbocycles. The number of hydrogen-bond donors (Lipinski definition) is 0. The molecular formula is C10H16O. The molecule has 0 amide bonds. The van der Waals surface area contributed by atoms with Crippen molar-refractivity contribution >= 4 is 0 Å². The minimum absolute atomic E-state index is 0.502. The van der Waals surface area contributed by atoms with E-state index in [9.17, 15) is 0 Å². The van der Waals surface area contributed by atoms with Crippen molar-refractivity contribution in [3.8, 4) is 0 Å². The molecule has 0 aliphatic heterocycles. The third-order valence-corrected chi connectivity index (χ3v) is 1.79. The van der Waals surface area contributed by atoms with Crippen molar-refractivity contribution in [1.82, 2.24) is 0 Å². The quantitative estimate of drug-likeness (QED) is 0.632. The first-order valence-corrected chi connectivity index (χ1v) is 4.21. The molecule has 62 valence electrons. The van der Waals surface area contributed by atoms with Crippen LogP contribution < -0.4 is 0 Å². The zero-order chi connectivity index (χ0) is 8.43. The van der Waals surface area contributed by atoms with Gasteiger partial charge in [-0.25, -0.2) is 0 Å². The van der Waals surface area contributed by atoms with E-state index in [0.29, 0.717) is 11.8 Å². The Morgan fingerprint density at radius 2 is 1.27 bits per heavy atom. The predicted molar refractivity (Wildman–Crippen MR) is 46.9 cm³/mol. The van der Waals surface area contributed by atoms with Crippen molar-refractivity contribution in [3.05, 3.63) is 23.7 Å².